The van der Waals surface area contributed by atoms with E-state index < -0.39 is 0 Å². The predicted octanol–water partition coefficient (Wildman–Crippen LogP) is 2.71. The van der Waals surface area contributed by atoms with Gasteiger partial charge in [-0.1, -0.05) is 0 Å². The summed E-state index contributed by atoms with van der Waals surface area (Å²) in [6.45, 7) is 1.69. The lowest BCUT2D eigenvalue weighted by Crippen LogP contribution is -2.07. The minimum Gasteiger partial charge on any atom is -0.439 e. The third-order valence-corrected chi connectivity index (χ3v) is 3.91. The fraction of sp³-hybridized carbons (Fsp3) is 0.250. The number of aromatic nitrogens is 3. The second-order valence-electron chi connectivity index (χ2n) is 5.53. The summed E-state index contributed by atoms with van der Waals surface area (Å²) in [4.78, 5) is 10.8. The molecule has 3 heterocycles. The van der Waals surface area contributed by atoms with Crippen LogP contribution in [-0.2, 0) is 20.1 Å². The second-order valence-corrected chi connectivity index (χ2v) is 5.53. The zero-order valence-corrected chi connectivity index (χ0v) is 12.1. The zero-order chi connectivity index (χ0) is 14.4. The number of aryl methyl sites for hydroxylation is 1. The van der Waals surface area contributed by atoms with Crippen LogP contribution in [0.5, 0.6) is 11.6 Å². The van der Waals surface area contributed by atoms with Crippen LogP contribution in [0, 0.1) is 0 Å². The molecule has 0 saturated carbocycles. The average molecular weight is 280 g/mol. The van der Waals surface area contributed by atoms with Crippen molar-refractivity contribution in [2.75, 3.05) is 7.05 Å². The third-order valence-electron chi connectivity index (χ3n) is 3.91. The first-order valence-corrected chi connectivity index (χ1v) is 6.95. The van der Waals surface area contributed by atoms with E-state index in [1.807, 2.05) is 25.4 Å². The Balaban J connectivity index is 1.71. The molecule has 1 aliphatic heterocycles. The molecule has 5 nitrogen and oxygen atoms in total. The van der Waals surface area contributed by atoms with E-state index in [9.17, 15) is 0 Å². The third kappa shape index (κ3) is 2.06. The van der Waals surface area contributed by atoms with Crippen molar-refractivity contribution in [2.24, 2.45) is 7.05 Å². The molecule has 0 saturated heterocycles. The molecule has 5 heteroatoms. The second kappa shape index (κ2) is 4.56. The maximum atomic E-state index is 6.00. The molecule has 0 spiro atoms. The molecule has 0 aliphatic carbocycles. The van der Waals surface area contributed by atoms with Gasteiger partial charge in [-0.15, -0.1) is 0 Å². The van der Waals surface area contributed by atoms with Crippen molar-refractivity contribution in [2.45, 2.75) is 13.1 Å². The van der Waals surface area contributed by atoms with Gasteiger partial charge < -0.3 is 9.30 Å². The van der Waals surface area contributed by atoms with Crippen LogP contribution in [0.15, 0.2) is 36.8 Å². The monoisotopic (exact) mass is 280 g/mol. The lowest BCUT2D eigenvalue weighted by atomic mass is 10.2. The SMILES string of the molecule is CN1Cc2ncnc(Oc3ccc4c(ccn4C)c3)c2C1. The number of hydrogen-bond donors (Lipinski definition) is 0. The van der Waals surface area contributed by atoms with Gasteiger partial charge in [-0.05, 0) is 31.3 Å². The average Bonchev–Trinajstić information content (AvgIpc) is 3.02. The van der Waals surface area contributed by atoms with Crippen molar-refractivity contribution < 1.29 is 4.74 Å². The van der Waals surface area contributed by atoms with E-state index in [0.717, 1.165) is 35.5 Å². The maximum absolute atomic E-state index is 6.00. The summed E-state index contributed by atoms with van der Waals surface area (Å²) in [5.41, 5.74) is 3.34. The van der Waals surface area contributed by atoms with Gasteiger partial charge in [0.15, 0.2) is 0 Å². The van der Waals surface area contributed by atoms with E-state index in [-0.39, 0.29) is 0 Å². The van der Waals surface area contributed by atoms with Gasteiger partial charge >= 0.3 is 0 Å². The Morgan fingerprint density at radius 1 is 1.10 bits per heavy atom. The maximum Gasteiger partial charge on any atom is 0.227 e. The Kier molecular flexibility index (Phi) is 2.68. The number of hydrogen-bond acceptors (Lipinski definition) is 4. The zero-order valence-electron chi connectivity index (χ0n) is 12.1. The van der Waals surface area contributed by atoms with Crippen LogP contribution in [0.25, 0.3) is 10.9 Å². The highest BCUT2D eigenvalue weighted by Crippen LogP contribution is 2.31. The van der Waals surface area contributed by atoms with Gasteiger partial charge in [0, 0.05) is 37.2 Å². The number of rotatable bonds is 2. The van der Waals surface area contributed by atoms with Crippen LogP contribution in [0.4, 0.5) is 0 Å². The number of ether oxygens (including phenoxy) is 1. The first kappa shape index (κ1) is 12.3. The summed E-state index contributed by atoms with van der Waals surface area (Å²) in [6.07, 6.45) is 3.63. The summed E-state index contributed by atoms with van der Waals surface area (Å²) in [7, 11) is 4.11. The van der Waals surface area contributed by atoms with Gasteiger partial charge in [-0.3, -0.25) is 4.90 Å². The van der Waals surface area contributed by atoms with Crippen LogP contribution >= 0.6 is 0 Å². The molecule has 106 valence electrons. The van der Waals surface area contributed by atoms with Crippen molar-refractivity contribution in [1.29, 1.82) is 0 Å². The molecule has 0 atom stereocenters. The minimum absolute atomic E-state index is 0.666. The van der Waals surface area contributed by atoms with Gasteiger partial charge in [0.2, 0.25) is 5.88 Å². The Hall–Kier alpha value is -2.40. The molecule has 2 aromatic heterocycles. The Morgan fingerprint density at radius 2 is 2.00 bits per heavy atom. The van der Waals surface area contributed by atoms with E-state index in [2.05, 4.69) is 38.6 Å². The number of nitrogens with zero attached hydrogens (tertiary/aromatic N) is 4. The van der Waals surface area contributed by atoms with Gasteiger partial charge in [-0.2, -0.15) is 0 Å². The molecule has 3 aromatic rings. The Bertz CT molecular complexity index is 824. The fourth-order valence-corrected chi connectivity index (χ4v) is 2.83. The molecule has 0 unspecified atom stereocenters. The lowest BCUT2D eigenvalue weighted by Gasteiger charge is -2.09. The highest BCUT2D eigenvalue weighted by Gasteiger charge is 2.22. The smallest absolute Gasteiger partial charge is 0.227 e. The van der Waals surface area contributed by atoms with Gasteiger partial charge in [0.1, 0.15) is 12.1 Å². The van der Waals surface area contributed by atoms with E-state index in [4.69, 9.17) is 4.74 Å². The predicted molar refractivity (Wildman–Crippen MR) is 80.2 cm³/mol. The number of fused-ring (bicyclic) bond motifs is 2. The van der Waals surface area contributed by atoms with E-state index in [0.29, 0.717) is 5.88 Å². The van der Waals surface area contributed by atoms with Crippen LogP contribution in [0.3, 0.4) is 0 Å². The normalized spacial score (nSPS) is 14.6. The topological polar surface area (TPSA) is 43.2 Å². The molecular formula is C16H16N4O. The molecule has 4 rings (SSSR count). The largest absolute Gasteiger partial charge is 0.439 e. The summed E-state index contributed by atoms with van der Waals surface area (Å²) < 4.78 is 8.09. The van der Waals surface area contributed by atoms with Crippen molar-refractivity contribution in [3.05, 3.63) is 48.0 Å². The van der Waals surface area contributed by atoms with Gasteiger partial charge in [0.25, 0.3) is 0 Å². The molecular weight excluding hydrogens is 264 g/mol. The summed E-state index contributed by atoms with van der Waals surface area (Å²) in [5, 5.41) is 1.16. The lowest BCUT2D eigenvalue weighted by molar-refractivity contribution is 0.347. The van der Waals surface area contributed by atoms with Crippen molar-refractivity contribution in [3.8, 4) is 11.6 Å². The molecule has 21 heavy (non-hydrogen) atoms. The van der Waals surface area contributed by atoms with Gasteiger partial charge in [0.05, 0.1) is 11.3 Å². The molecule has 0 radical (unpaired) electrons. The van der Waals surface area contributed by atoms with Crippen molar-refractivity contribution >= 4 is 10.9 Å². The van der Waals surface area contributed by atoms with Gasteiger partial charge in [-0.25, -0.2) is 9.97 Å². The molecule has 0 amide bonds. The summed E-state index contributed by atoms with van der Waals surface area (Å²) in [5.74, 6) is 1.48. The first-order valence-electron chi connectivity index (χ1n) is 6.95. The quantitative estimate of drug-likeness (QED) is 0.724. The van der Waals surface area contributed by atoms with Crippen molar-refractivity contribution in [1.82, 2.24) is 19.4 Å². The number of benzene rings is 1. The Morgan fingerprint density at radius 3 is 2.90 bits per heavy atom. The van der Waals surface area contributed by atoms with Crippen molar-refractivity contribution in [3.63, 3.8) is 0 Å². The highest BCUT2D eigenvalue weighted by molar-refractivity contribution is 5.81. The van der Waals surface area contributed by atoms with Crippen LogP contribution in [0.2, 0.25) is 0 Å². The van der Waals surface area contributed by atoms with Crippen LogP contribution in [0.1, 0.15) is 11.3 Å². The molecule has 0 N–H and O–H groups in total. The highest BCUT2D eigenvalue weighted by atomic mass is 16.5. The molecule has 1 aliphatic rings. The summed E-state index contributed by atoms with van der Waals surface area (Å²) >= 11 is 0. The summed E-state index contributed by atoms with van der Waals surface area (Å²) in [6, 6.07) is 8.18. The first-order chi connectivity index (χ1) is 10.2. The Labute approximate surface area is 122 Å². The van der Waals surface area contributed by atoms with Crippen LogP contribution < -0.4 is 4.74 Å². The van der Waals surface area contributed by atoms with E-state index >= 15 is 0 Å². The van der Waals surface area contributed by atoms with E-state index in [1.54, 1.807) is 6.33 Å². The minimum atomic E-state index is 0.666. The van der Waals surface area contributed by atoms with E-state index in [1.165, 1.54) is 5.52 Å². The molecule has 0 bridgehead atoms. The van der Waals surface area contributed by atoms with Crippen LogP contribution in [-0.4, -0.2) is 26.5 Å². The molecule has 1 aromatic carbocycles. The standard InChI is InChI=1S/C16H16N4O/c1-19-8-13-14(9-19)17-10-18-16(13)21-12-3-4-15-11(7-12)5-6-20(15)2/h3-7,10H,8-9H2,1-2H3. The fourth-order valence-electron chi connectivity index (χ4n) is 2.83. The molecule has 0 fully saturated rings.